The molecular formula is C16H21NO. The minimum absolute atomic E-state index is 0.147. The zero-order valence-electron chi connectivity index (χ0n) is 11.3. The van der Waals surface area contributed by atoms with Crippen LogP contribution < -0.4 is 5.43 Å². The van der Waals surface area contributed by atoms with Crippen LogP contribution in [0.1, 0.15) is 38.3 Å². The number of hydrogen-bond donors (Lipinski definition) is 0. The highest BCUT2D eigenvalue weighted by atomic mass is 16.1. The molecule has 0 saturated heterocycles. The van der Waals surface area contributed by atoms with Gasteiger partial charge in [0, 0.05) is 24.2 Å². The molecule has 1 heterocycles. The molecule has 0 N–H and O–H groups in total. The van der Waals surface area contributed by atoms with Crippen LogP contribution in [0.4, 0.5) is 0 Å². The lowest BCUT2D eigenvalue weighted by Gasteiger charge is -2.12. The van der Waals surface area contributed by atoms with Gasteiger partial charge in [0.15, 0.2) is 5.43 Å². The van der Waals surface area contributed by atoms with Gasteiger partial charge in [0.2, 0.25) is 0 Å². The Balaban J connectivity index is 2.29. The third-order valence-corrected chi connectivity index (χ3v) is 3.55. The van der Waals surface area contributed by atoms with E-state index in [0.717, 1.165) is 23.0 Å². The van der Waals surface area contributed by atoms with E-state index in [2.05, 4.69) is 18.5 Å². The maximum atomic E-state index is 12.0. The van der Waals surface area contributed by atoms with Crippen molar-refractivity contribution in [3.8, 4) is 0 Å². The fourth-order valence-electron chi connectivity index (χ4n) is 2.43. The molecule has 0 atom stereocenters. The molecule has 0 aliphatic rings. The molecule has 2 heteroatoms. The molecular weight excluding hydrogens is 222 g/mol. The summed E-state index contributed by atoms with van der Waals surface area (Å²) in [5.41, 5.74) is 2.33. The summed E-state index contributed by atoms with van der Waals surface area (Å²) in [7, 11) is 2.05. The van der Waals surface area contributed by atoms with Crippen LogP contribution in [0, 0.1) is 0 Å². The zero-order chi connectivity index (χ0) is 13.0. The second-order valence-corrected chi connectivity index (χ2v) is 4.89. The molecule has 0 saturated carbocycles. The number of unbranched alkanes of at least 4 members (excludes halogenated alkanes) is 3. The molecule has 2 rings (SSSR count). The van der Waals surface area contributed by atoms with Crippen molar-refractivity contribution in [2.45, 2.75) is 39.0 Å². The first-order valence-electron chi connectivity index (χ1n) is 6.81. The van der Waals surface area contributed by atoms with Crippen LogP contribution in [-0.4, -0.2) is 4.57 Å². The number of hydrogen-bond acceptors (Lipinski definition) is 1. The van der Waals surface area contributed by atoms with Crippen molar-refractivity contribution in [3.05, 3.63) is 46.2 Å². The Hall–Kier alpha value is -1.57. The monoisotopic (exact) mass is 243 g/mol. The first-order chi connectivity index (χ1) is 8.74. The molecule has 0 unspecified atom stereocenters. The lowest BCUT2D eigenvalue weighted by molar-refractivity contribution is 0.648. The van der Waals surface area contributed by atoms with Crippen LogP contribution in [0.25, 0.3) is 10.9 Å². The van der Waals surface area contributed by atoms with E-state index in [-0.39, 0.29) is 5.43 Å². The van der Waals surface area contributed by atoms with Crippen molar-refractivity contribution in [2.75, 3.05) is 0 Å². The van der Waals surface area contributed by atoms with Gasteiger partial charge in [-0.3, -0.25) is 4.79 Å². The van der Waals surface area contributed by atoms with E-state index in [0.29, 0.717) is 0 Å². The number of aryl methyl sites for hydroxylation is 2. The van der Waals surface area contributed by atoms with E-state index in [9.17, 15) is 4.79 Å². The van der Waals surface area contributed by atoms with Crippen LogP contribution in [0.5, 0.6) is 0 Å². The lowest BCUT2D eigenvalue weighted by atomic mass is 10.1. The van der Waals surface area contributed by atoms with Crippen molar-refractivity contribution in [1.29, 1.82) is 0 Å². The smallest absolute Gasteiger partial charge is 0.189 e. The summed E-state index contributed by atoms with van der Waals surface area (Å²) in [6.07, 6.45) is 5.94. The maximum absolute atomic E-state index is 12.0. The summed E-state index contributed by atoms with van der Waals surface area (Å²) < 4.78 is 2.16. The van der Waals surface area contributed by atoms with Gasteiger partial charge in [-0.25, -0.2) is 0 Å². The quantitative estimate of drug-likeness (QED) is 0.734. The summed E-state index contributed by atoms with van der Waals surface area (Å²) in [5.74, 6) is 0. The van der Waals surface area contributed by atoms with Crippen LogP contribution in [0.15, 0.2) is 35.1 Å². The topological polar surface area (TPSA) is 22.0 Å². The minimum atomic E-state index is 0.147. The molecule has 96 valence electrons. The van der Waals surface area contributed by atoms with Gasteiger partial charge in [-0.05, 0) is 25.0 Å². The predicted molar refractivity (Wildman–Crippen MR) is 77.0 cm³/mol. The van der Waals surface area contributed by atoms with Crippen molar-refractivity contribution in [1.82, 2.24) is 4.57 Å². The van der Waals surface area contributed by atoms with Gasteiger partial charge >= 0.3 is 0 Å². The Labute approximate surface area is 108 Å². The van der Waals surface area contributed by atoms with Gasteiger partial charge in [0.05, 0.1) is 5.52 Å². The van der Waals surface area contributed by atoms with Crippen molar-refractivity contribution in [3.63, 3.8) is 0 Å². The molecule has 1 aromatic heterocycles. The van der Waals surface area contributed by atoms with Gasteiger partial charge in [-0.1, -0.05) is 38.3 Å². The van der Waals surface area contributed by atoms with E-state index in [1.807, 2.05) is 24.3 Å². The molecule has 18 heavy (non-hydrogen) atoms. The Kier molecular flexibility index (Phi) is 4.19. The molecule has 0 amide bonds. The normalized spacial score (nSPS) is 11.0. The van der Waals surface area contributed by atoms with Crippen LogP contribution >= 0.6 is 0 Å². The first-order valence-corrected chi connectivity index (χ1v) is 6.81. The molecule has 2 aromatic rings. The van der Waals surface area contributed by atoms with Crippen molar-refractivity contribution < 1.29 is 0 Å². The van der Waals surface area contributed by atoms with E-state index < -0.39 is 0 Å². The first kappa shape index (κ1) is 12.9. The minimum Gasteiger partial charge on any atom is -0.347 e. The van der Waals surface area contributed by atoms with E-state index >= 15 is 0 Å². The second kappa shape index (κ2) is 5.85. The molecule has 0 radical (unpaired) electrons. The molecule has 0 bridgehead atoms. The van der Waals surface area contributed by atoms with Crippen LogP contribution in [0.3, 0.4) is 0 Å². The number of rotatable bonds is 5. The molecule has 0 aliphatic heterocycles. The van der Waals surface area contributed by atoms with Gasteiger partial charge in [-0.15, -0.1) is 0 Å². The van der Waals surface area contributed by atoms with Gasteiger partial charge in [0.25, 0.3) is 0 Å². The number of nitrogens with zero attached hydrogens (tertiary/aromatic N) is 1. The molecule has 2 nitrogen and oxygen atoms in total. The van der Waals surface area contributed by atoms with Gasteiger partial charge in [0.1, 0.15) is 0 Å². The summed E-state index contributed by atoms with van der Waals surface area (Å²) in [6, 6.07) is 9.63. The van der Waals surface area contributed by atoms with Crippen LogP contribution in [0.2, 0.25) is 0 Å². The van der Waals surface area contributed by atoms with E-state index in [1.165, 1.54) is 25.7 Å². The Morgan fingerprint density at radius 3 is 2.67 bits per heavy atom. The standard InChI is InChI=1S/C16H21NO/c1-3-4-5-6-9-13-12-16(18)14-10-7-8-11-15(14)17(13)2/h7-8,10-12H,3-6,9H2,1-2H3. The highest BCUT2D eigenvalue weighted by Crippen LogP contribution is 2.13. The largest absolute Gasteiger partial charge is 0.347 e. The SMILES string of the molecule is CCCCCCc1cc(=O)c2ccccc2n1C. The summed E-state index contributed by atoms with van der Waals surface area (Å²) >= 11 is 0. The Morgan fingerprint density at radius 1 is 1.11 bits per heavy atom. The third kappa shape index (κ3) is 2.63. The second-order valence-electron chi connectivity index (χ2n) is 4.89. The van der Waals surface area contributed by atoms with Gasteiger partial charge < -0.3 is 4.57 Å². The summed E-state index contributed by atoms with van der Waals surface area (Å²) in [4.78, 5) is 12.0. The lowest BCUT2D eigenvalue weighted by Crippen LogP contribution is -2.11. The van der Waals surface area contributed by atoms with Gasteiger partial charge in [-0.2, -0.15) is 0 Å². The number of pyridine rings is 1. The third-order valence-electron chi connectivity index (χ3n) is 3.55. The molecule has 1 aromatic carbocycles. The summed E-state index contributed by atoms with van der Waals surface area (Å²) in [6.45, 7) is 2.21. The highest BCUT2D eigenvalue weighted by Gasteiger charge is 2.05. The number of aromatic nitrogens is 1. The maximum Gasteiger partial charge on any atom is 0.189 e. The van der Waals surface area contributed by atoms with Crippen LogP contribution in [-0.2, 0) is 13.5 Å². The average molecular weight is 243 g/mol. The number of fused-ring (bicyclic) bond motifs is 1. The van der Waals surface area contributed by atoms with E-state index in [1.54, 1.807) is 6.07 Å². The average Bonchev–Trinajstić information content (AvgIpc) is 2.40. The zero-order valence-corrected chi connectivity index (χ0v) is 11.3. The fraction of sp³-hybridized carbons (Fsp3) is 0.438. The molecule has 0 spiro atoms. The van der Waals surface area contributed by atoms with Crippen molar-refractivity contribution >= 4 is 10.9 Å². The van der Waals surface area contributed by atoms with E-state index in [4.69, 9.17) is 0 Å². The predicted octanol–water partition coefficient (Wildman–Crippen LogP) is 3.66. The number of benzene rings is 1. The number of para-hydroxylation sites is 1. The van der Waals surface area contributed by atoms with Crippen molar-refractivity contribution in [2.24, 2.45) is 7.05 Å². The Bertz CT molecular complexity index is 583. The summed E-state index contributed by atoms with van der Waals surface area (Å²) in [5, 5.41) is 0.817. The fourth-order valence-corrected chi connectivity index (χ4v) is 2.43. The molecule has 0 fully saturated rings. The molecule has 0 aliphatic carbocycles. The Morgan fingerprint density at radius 2 is 1.89 bits per heavy atom. The highest BCUT2D eigenvalue weighted by molar-refractivity contribution is 5.79.